The van der Waals surface area contributed by atoms with Gasteiger partial charge in [-0.3, -0.25) is 19.4 Å². The Morgan fingerprint density at radius 1 is 1.02 bits per heavy atom. The maximum atomic E-state index is 13.5. The van der Waals surface area contributed by atoms with Crippen LogP contribution >= 0.6 is 12.2 Å². The Labute approximate surface area is 255 Å². The van der Waals surface area contributed by atoms with Crippen LogP contribution in [0.3, 0.4) is 0 Å². The van der Waals surface area contributed by atoms with Gasteiger partial charge in [-0.25, -0.2) is 0 Å². The van der Waals surface area contributed by atoms with Crippen molar-refractivity contribution >= 4 is 34.8 Å². The third kappa shape index (κ3) is 6.94. The van der Waals surface area contributed by atoms with Crippen molar-refractivity contribution < 1.29 is 27.5 Å². The summed E-state index contributed by atoms with van der Waals surface area (Å²) in [4.78, 5) is 33.3. The van der Waals surface area contributed by atoms with E-state index in [0.717, 1.165) is 62.4 Å². The van der Waals surface area contributed by atoms with E-state index in [9.17, 15) is 22.8 Å². The molecule has 2 aromatic rings. The van der Waals surface area contributed by atoms with Gasteiger partial charge in [0.1, 0.15) is 11.3 Å². The summed E-state index contributed by atoms with van der Waals surface area (Å²) in [5, 5.41) is 9.26. The highest BCUT2D eigenvalue weighted by Crippen LogP contribution is 2.38. The predicted molar refractivity (Wildman–Crippen MR) is 161 cm³/mol. The minimum absolute atomic E-state index is 0.00148. The first kappa shape index (κ1) is 32.2. The number of amides is 2. The topological polar surface area (TPSA) is 80.1 Å². The Balaban J connectivity index is 1.23. The molecule has 0 unspecified atom stereocenters. The van der Waals surface area contributed by atoms with Gasteiger partial charge in [0.15, 0.2) is 5.11 Å². The lowest BCUT2D eigenvalue weighted by atomic mass is 10.0. The number of benzene rings is 2. The van der Waals surface area contributed by atoms with Gasteiger partial charge in [-0.05, 0) is 75.8 Å². The Morgan fingerprint density at radius 3 is 2.30 bits per heavy atom. The van der Waals surface area contributed by atoms with Gasteiger partial charge in [0.05, 0.1) is 35.6 Å². The number of rotatable bonds is 10. The van der Waals surface area contributed by atoms with Gasteiger partial charge in [-0.15, -0.1) is 0 Å². The quantitative estimate of drug-likeness (QED) is 0.265. The van der Waals surface area contributed by atoms with E-state index in [2.05, 4.69) is 4.90 Å². The zero-order chi connectivity index (χ0) is 31.4. The van der Waals surface area contributed by atoms with E-state index in [1.165, 1.54) is 6.07 Å². The number of carbonyl (C=O) groups is 2. The number of thiocarbonyl (C=S) groups is 1. The van der Waals surface area contributed by atoms with Crippen LogP contribution in [0.2, 0.25) is 0 Å². The average molecular weight is 616 g/mol. The van der Waals surface area contributed by atoms with E-state index in [0.29, 0.717) is 30.9 Å². The number of hydrogen-bond donors (Lipinski definition) is 0. The second-order valence-corrected chi connectivity index (χ2v) is 11.6. The van der Waals surface area contributed by atoms with Gasteiger partial charge < -0.3 is 14.5 Å². The summed E-state index contributed by atoms with van der Waals surface area (Å²) in [7, 11) is 1.56. The molecule has 2 aliphatic rings. The lowest BCUT2D eigenvalue weighted by molar-refractivity contribution is -0.137. The van der Waals surface area contributed by atoms with Gasteiger partial charge >= 0.3 is 6.18 Å². The molecule has 0 saturated carbocycles. The minimum atomic E-state index is -4.73. The second kappa shape index (κ2) is 13.3. The van der Waals surface area contributed by atoms with Crippen molar-refractivity contribution in [1.82, 2.24) is 14.7 Å². The lowest BCUT2D eigenvalue weighted by Crippen LogP contribution is -2.48. The Kier molecular flexibility index (Phi) is 9.97. The molecule has 2 heterocycles. The highest BCUT2D eigenvalue weighted by atomic mass is 32.1. The van der Waals surface area contributed by atoms with E-state index in [4.69, 9.17) is 22.2 Å². The first-order chi connectivity index (χ1) is 20.4. The normalized spacial score (nSPS) is 17.4. The standard InChI is InChI=1S/C31H36F3N5O3S/c1-30(2)28(41)39(23-13-12-22(21-35)25(20-23)31(32,33)34)29(43)38(30)15-9-5-4-8-14-36-16-18-37(19-17-36)27(40)24-10-6-7-11-26(24)42-3/h6-7,10-13,20H,4-5,8-9,14-19H2,1-3H3. The number of nitriles is 1. The molecule has 2 amide bonds. The molecule has 0 N–H and O–H groups in total. The highest BCUT2D eigenvalue weighted by Gasteiger charge is 2.49. The molecule has 0 bridgehead atoms. The molecule has 0 aromatic heterocycles. The zero-order valence-electron chi connectivity index (χ0n) is 24.6. The van der Waals surface area contributed by atoms with Crippen LogP contribution in [0.5, 0.6) is 5.75 Å². The number of unbranched alkanes of at least 4 members (excludes halogenated alkanes) is 3. The molecule has 0 aliphatic carbocycles. The summed E-state index contributed by atoms with van der Waals surface area (Å²) in [5.74, 6) is 0.158. The van der Waals surface area contributed by atoms with Crippen LogP contribution in [-0.2, 0) is 11.0 Å². The summed E-state index contributed by atoms with van der Waals surface area (Å²) in [5.41, 5.74) is -2.03. The van der Waals surface area contributed by atoms with Crippen LogP contribution in [0.4, 0.5) is 18.9 Å². The zero-order valence-corrected chi connectivity index (χ0v) is 25.4. The number of ether oxygens (including phenoxy) is 1. The van der Waals surface area contributed by atoms with Gasteiger partial charge in [0.25, 0.3) is 11.8 Å². The SMILES string of the molecule is COc1ccccc1C(=O)N1CCN(CCCCCCN2C(=S)N(c3ccc(C#N)c(C(F)(F)F)c3)C(=O)C2(C)C)CC1. The summed E-state index contributed by atoms with van der Waals surface area (Å²) in [6.07, 6.45) is -1.09. The molecule has 2 saturated heterocycles. The summed E-state index contributed by atoms with van der Waals surface area (Å²) in [6, 6.07) is 12.0. The summed E-state index contributed by atoms with van der Waals surface area (Å²) in [6.45, 7) is 7.79. The molecule has 2 aromatic carbocycles. The second-order valence-electron chi connectivity index (χ2n) is 11.2. The first-order valence-electron chi connectivity index (χ1n) is 14.3. The number of nitrogens with zero attached hydrogens (tertiary/aromatic N) is 5. The predicted octanol–water partition coefficient (Wildman–Crippen LogP) is 5.32. The Hall–Kier alpha value is -3.69. The van der Waals surface area contributed by atoms with Crippen molar-refractivity contribution in [2.75, 3.05) is 51.3 Å². The van der Waals surface area contributed by atoms with Crippen LogP contribution in [0.25, 0.3) is 0 Å². The van der Waals surface area contributed by atoms with E-state index >= 15 is 0 Å². The van der Waals surface area contributed by atoms with Crippen molar-refractivity contribution in [2.45, 2.75) is 51.2 Å². The Bertz CT molecular complexity index is 1400. The van der Waals surface area contributed by atoms with E-state index in [-0.39, 0.29) is 16.7 Å². The molecule has 4 rings (SSSR count). The van der Waals surface area contributed by atoms with Gasteiger partial charge in [0, 0.05) is 32.7 Å². The monoisotopic (exact) mass is 615 g/mol. The summed E-state index contributed by atoms with van der Waals surface area (Å²) >= 11 is 5.57. The van der Waals surface area contributed by atoms with Crippen molar-refractivity contribution in [1.29, 1.82) is 5.26 Å². The molecular formula is C31H36F3N5O3S. The smallest absolute Gasteiger partial charge is 0.417 e. The van der Waals surface area contributed by atoms with Crippen LogP contribution in [0, 0.1) is 11.3 Å². The van der Waals surface area contributed by atoms with Gasteiger partial charge in [-0.1, -0.05) is 25.0 Å². The molecule has 8 nitrogen and oxygen atoms in total. The van der Waals surface area contributed by atoms with Crippen LogP contribution in [0.15, 0.2) is 42.5 Å². The highest BCUT2D eigenvalue weighted by molar-refractivity contribution is 7.80. The maximum Gasteiger partial charge on any atom is 0.417 e. The number of anilines is 1. The van der Waals surface area contributed by atoms with Crippen LogP contribution in [0.1, 0.15) is 61.0 Å². The number of piperazine rings is 1. The minimum Gasteiger partial charge on any atom is -0.496 e. The van der Waals surface area contributed by atoms with Gasteiger partial charge in [0.2, 0.25) is 0 Å². The third-order valence-corrected chi connectivity index (χ3v) is 8.52. The average Bonchev–Trinajstić information content (AvgIpc) is 3.16. The number of alkyl halides is 3. The molecule has 43 heavy (non-hydrogen) atoms. The molecule has 0 atom stereocenters. The number of halogens is 3. The number of carbonyl (C=O) groups excluding carboxylic acids is 2. The fourth-order valence-corrected chi connectivity index (χ4v) is 6.07. The Morgan fingerprint density at radius 2 is 1.67 bits per heavy atom. The molecule has 2 aliphatic heterocycles. The molecule has 12 heteroatoms. The van der Waals surface area contributed by atoms with Crippen molar-refractivity contribution in [2.24, 2.45) is 0 Å². The van der Waals surface area contributed by atoms with E-state index < -0.39 is 28.7 Å². The molecule has 2 fully saturated rings. The van der Waals surface area contributed by atoms with Crippen LogP contribution in [-0.4, -0.2) is 83.5 Å². The van der Waals surface area contributed by atoms with E-state index in [1.54, 1.807) is 44.1 Å². The summed E-state index contributed by atoms with van der Waals surface area (Å²) < 4.78 is 45.9. The molecule has 0 radical (unpaired) electrons. The fourth-order valence-electron chi connectivity index (χ4n) is 5.57. The molecular weight excluding hydrogens is 579 g/mol. The number of para-hydroxylation sites is 1. The molecule has 230 valence electrons. The number of hydrogen-bond acceptors (Lipinski definition) is 6. The van der Waals surface area contributed by atoms with Gasteiger partial charge in [-0.2, -0.15) is 18.4 Å². The van der Waals surface area contributed by atoms with Crippen LogP contribution < -0.4 is 9.64 Å². The van der Waals surface area contributed by atoms with Crippen molar-refractivity contribution in [3.05, 3.63) is 59.2 Å². The van der Waals surface area contributed by atoms with E-state index in [1.807, 2.05) is 17.0 Å². The molecule has 0 spiro atoms. The third-order valence-electron chi connectivity index (χ3n) is 8.11. The largest absolute Gasteiger partial charge is 0.496 e. The lowest BCUT2D eigenvalue weighted by Gasteiger charge is -2.35. The van der Waals surface area contributed by atoms with Crippen molar-refractivity contribution in [3.63, 3.8) is 0 Å². The van der Waals surface area contributed by atoms with Crippen molar-refractivity contribution in [3.8, 4) is 11.8 Å². The first-order valence-corrected chi connectivity index (χ1v) is 14.7. The fraction of sp³-hybridized carbons (Fsp3) is 0.484. The maximum absolute atomic E-state index is 13.5. The number of methoxy groups -OCH3 is 1.